The molecular weight excluding hydrogens is 282 g/mol. The second kappa shape index (κ2) is 6.99. The van der Waals surface area contributed by atoms with Crippen LogP contribution in [0.5, 0.6) is 0 Å². The maximum Gasteiger partial charge on any atom is 0.263 e. The second-order valence-electron chi connectivity index (χ2n) is 6.13. The predicted molar refractivity (Wildman–Crippen MR) is 98.5 cm³/mol. The minimum Gasteiger partial charge on any atom is -0.281 e. The quantitative estimate of drug-likeness (QED) is 0.785. The molecule has 23 heavy (non-hydrogen) atoms. The molecule has 2 nitrogen and oxygen atoms in total. The van der Waals surface area contributed by atoms with Gasteiger partial charge in [0.1, 0.15) is 0 Å². The molecule has 0 N–H and O–H groups in total. The number of fused-ring (bicyclic) bond motifs is 1. The molecule has 0 unspecified atom stereocenters. The Morgan fingerprint density at radius 3 is 2.65 bits per heavy atom. The molecule has 0 aromatic carbocycles. The minimum absolute atomic E-state index is 0.160. The number of aromatic nitrogens is 1. The van der Waals surface area contributed by atoms with Gasteiger partial charge in [-0.2, -0.15) is 0 Å². The molecule has 3 rings (SSSR count). The summed E-state index contributed by atoms with van der Waals surface area (Å²) in [5.41, 5.74) is 3.58. The molecule has 120 valence electrons. The molecule has 0 aliphatic heterocycles. The van der Waals surface area contributed by atoms with Crippen LogP contribution < -0.4 is 16.0 Å². The predicted octanol–water partition coefficient (Wildman–Crippen LogP) is 3.29. The van der Waals surface area contributed by atoms with E-state index in [1.165, 1.54) is 5.57 Å². The zero-order chi connectivity index (χ0) is 16.2. The maximum atomic E-state index is 13.3. The van der Waals surface area contributed by atoms with E-state index >= 15 is 0 Å². The summed E-state index contributed by atoms with van der Waals surface area (Å²) in [7, 11) is 0. The Balaban J connectivity index is 2.34. The number of hydrogen-bond acceptors (Lipinski definition) is 1. The highest BCUT2D eigenvalue weighted by Crippen LogP contribution is 2.14. The minimum atomic E-state index is 0.160. The van der Waals surface area contributed by atoms with Crippen molar-refractivity contribution >= 4 is 17.3 Å². The Kier molecular flexibility index (Phi) is 4.80. The summed E-state index contributed by atoms with van der Waals surface area (Å²) >= 11 is 0. The lowest BCUT2D eigenvalue weighted by atomic mass is 9.98. The highest BCUT2D eigenvalue weighted by molar-refractivity contribution is 5.60. The molecule has 1 heterocycles. The van der Waals surface area contributed by atoms with E-state index in [2.05, 4.69) is 56.4 Å². The standard InChI is InChI=1S/C21H25NO/c1-3-16-11-10-12-17-15-18(4-2)22(21(23)20(16)17)19-13-8-6-5-7-9-14-19/h5-6,9,12-15H,3-4,7-8,10-11H2,1-2H3. The summed E-state index contributed by atoms with van der Waals surface area (Å²) in [6.07, 6.45) is 18.6. The number of hydrogen-bond donors (Lipinski definition) is 0. The van der Waals surface area contributed by atoms with Gasteiger partial charge >= 0.3 is 0 Å². The van der Waals surface area contributed by atoms with Gasteiger partial charge in [-0.1, -0.05) is 49.8 Å². The van der Waals surface area contributed by atoms with Crippen LogP contribution in [-0.4, -0.2) is 4.57 Å². The van der Waals surface area contributed by atoms with Gasteiger partial charge in [0.05, 0.1) is 0 Å². The van der Waals surface area contributed by atoms with Crippen molar-refractivity contribution in [2.75, 3.05) is 0 Å². The summed E-state index contributed by atoms with van der Waals surface area (Å²) in [4.78, 5) is 13.3. The number of nitrogens with zero attached hydrogens (tertiary/aromatic N) is 1. The molecule has 0 bridgehead atoms. The SMILES string of the molecule is CCC1=c2c(cc(CC)n(C3=CCC=CCC=C3)c2=O)=CCC1. The first kappa shape index (κ1) is 15.8. The third-order valence-electron chi connectivity index (χ3n) is 4.72. The van der Waals surface area contributed by atoms with Crippen LogP contribution in [0.25, 0.3) is 17.3 Å². The molecule has 1 aromatic heterocycles. The van der Waals surface area contributed by atoms with Crippen LogP contribution in [0.15, 0.2) is 41.2 Å². The molecule has 0 radical (unpaired) electrons. The normalized spacial score (nSPS) is 17.1. The van der Waals surface area contributed by atoms with E-state index in [1.807, 2.05) is 4.57 Å². The van der Waals surface area contributed by atoms with Gasteiger partial charge in [-0.05, 0) is 55.9 Å². The van der Waals surface area contributed by atoms with Crippen molar-refractivity contribution in [1.29, 1.82) is 0 Å². The van der Waals surface area contributed by atoms with E-state index in [0.29, 0.717) is 0 Å². The summed E-state index contributed by atoms with van der Waals surface area (Å²) < 4.78 is 1.93. The van der Waals surface area contributed by atoms with Gasteiger partial charge in [-0.15, -0.1) is 0 Å². The summed E-state index contributed by atoms with van der Waals surface area (Å²) in [6, 6.07) is 2.22. The Morgan fingerprint density at radius 1 is 1.04 bits per heavy atom. The highest BCUT2D eigenvalue weighted by atomic mass is 16.1. The van der Waals surface area contributed by atoms with Gasteiger partial charge in [-0.3, -0.25) is 9.36 Å². The van der Waals surface area contributed by atoms with Gasteiger partial charge < -0.3 is 0 Å². The van der Waals surface area contributed by atoms with Crippen LogP contribution in [0.3, 0.4) is 0 Å². The van der Waals surface area contributed by atoms with Crippen molar-refractivity contribution in [3.63, 3.8) is 0 Å². The second-order valence-corrected chi connectivity index (χ2v) is 6.13. The van der Waals surface area contributed by atoms with Crippen molar-refractivity contribution < 1.29 is 0 Å². The lowest BCUT2D eigenvalue weighted by Gasteiger charge is -2.17. The molecule has 0 saturated heterocycles. The molecule has 0 fully saturated rings. The molecule has 0 atom stereocenters. The van der Waals surface area contributed by atoms with E-state index in [-0.39, 0.29) is 5.56 Å². The van der Waals surface area contributed by atoms with Crippen LogP contribution >= 0.6 is 0 Å². The van der Waals surface area contributed by atoms with Crippen LogP contribution in [0, 0.1) is 0 Å². The summed E-state index contributed by atoms with van der Waals surface area (Å²) in [5.74, 6) is 0. The Labute approximate surface area is 137 Å². The van der Waals surface area contributed by atoms with E-state index in [1.54, 1.807) is 0 Å². The monoisotopic (exact) mass is 307 g/mol. The number of aryl methyl sites for hydroxylation is 1. The number of pyridine rings is 1. The lowest BCUT2D eigenvalue weighted by Crippen LogP contribution is -2.48. The fourth-order valence-corrected chi connectivity index (χ4v) is 3.50. The molecule has 1 aromatic rings. The van der Waals surface area contributed by atoms with E-state index in [0.717, 1.165) is 60.4 Å². The van der Waals surface area contributed by atoms with Crippen LogP contribution in [0.1, 0.15) is 51.6 Å². The first-order chi connectivity index (χ1) is 11.3. The fraction of sp³-hybridized carbons (Fsp3) is 0.381. The van der Waals surface area contributed by atoms with Crippen LogP contribution in [0.4, 0.5) is 0 Å². The van der Waals surface area contributed by atoms with Crippen molar-refractivity contribution in [3.8, 4) is 0 Å². The first-order valence-electron chi connectivity index (χ1n) is 8.75. The van der Waals surface area contributed by atoms with Crippen LogP contribution in [-0.2, 0) is 6.42 Å². The van der Waals surface area contributed by atoms with E-state index in [9.17, 15) is 4.79 Å². The average molecular weight is 307 g/mol. The van der Waals surface area contributed by atoms with Gasteiger partial charge in [0.2, 0.25) is 0 Å². The van der Waals surface area contributed by atoms with Gasteiger partial charge in [-0.25, -0.2) is 0 Å². The zero-order valence-corrected chi connectivity index (χ0v) is 14.1. The van der Waals surface area contributed by atoms with Gasteiger partial charge in [0.15, 0.2) is 0 Å². The smallest absolute Gasteiger partial charge is 0.263 e. The maximum absolute atomic E-state index is 13.3. The molecule has 0 saturated carbocycles. The van der Waals surface area contributed by atoms with Crippen LogP contribution in [0.2, 0.25) is 0 Å². The van der Waals surface area contributed by atoms with Crippen molar-refractivity contribution in [2.24, 2.45) is 0 Å². The third-order valence-corrected chi connectivity index (χ3v) is 4.72. The van der Waals surface area contributed by atoms with Gasteiger partial charge in [0.25, 0.3) is 5.56 Å². The highest BCUT2D eigenvalue weighted by Gasteiger charge is 2.13. The molecule has 0 spiro atoms. The molecule has 2 aliphatic carbocycles. The summed E-state index contributed by atoms with van der Waals surface area (Å²) in [5, 5.41) is 2.09. The molecule has 2 aliphatic rings. The van der Waals surface area contributed by atoms with E-state index < -0.39 is 0 Å². The molecular formula is C21H25NO. The largest absolute Gasteiger partial charge is 0.281 e. The van der Waals surface area contributed by atoms with Crippen molar-refractivity contribution in [2.45, 2.75) is 52.4 Å². The molecule has 2 heteroatoms. The van der Waals surface area contributed by atoms with Gasteiger partial charge in [0, 0.05) is 16.6 Å². The Bertz CT molecular complexity index is 862. The molecule has 0 amide bonds. The van der Waals surface area contributed by atoms with Crippen molar-refractivity contribution in [1.82, 2.24) is 4.57 Å². The topological polar surface area (TPSA) is 22.0 Å². The Hall–Kier alpha value is -2.09. The average Bonchev–Trinajstić information content (AvgIpc) is 2.54. The van der Waals surface area contributed by atoms with E-state index in [4.69, 9.17) is 0 Å². The third kappa shape index (κ3) is 3.03. The summed E-state index contributed by atoms with van der Waals surface area (Å²) in [6.45, 7) is 4.28. The fourth-order valence-electron chi connectivity index (χ4n) is 3.50. The zero-order valence-electron chi connectivity index (χ0n) is 14.1. The van der Waals surface area contributed by atoms with Crippen molar-refractivity contribution in [3.05, 3.63) is 62.9 Å². The lowest BCUT2D eigenvalue weighted by molar-refractivity contribution is 0.866. The Morgan fingerprint density at radius 2 is 1.87 bits per heavy atom. The first-order valence-corrected chi connectivity index (χ1v) is 8.75. The number of rotatable bonds is 3. The number of allylic oxidation sites excluding steroid dienone is 6.